The van der Waals surface area contributed by atoms with Gasteiger partial charge in [-0.3, -0.25) is 14.3 Å². The highest BCUT2D eigenvalue weighted by atomic mass is 35.5. The number of aromatic nitrogens is 3. The van der Waals surface area contributed by atoms with Gasteiger partial charge in [-0.1, -0.05) is 23.7 Å². The maximum atomic E-state index is 12.6. The van der Waals surface area contributed by atoms with Gasteiger partial charge in [-0.05, 0) is 56.4 Å². The van der Waals surface area contributed by atoms with Crippen LogP contribution in [0.25, 0.3) is 11.0 Å². The summed E-state index contributed by atoms with van der Waals surface area (Å²) >= 11 is 6.10. The number of pyridine rings is 1. The Morgan fingerprint density at radius 3 is 2.79 bits per heavy atom. The molecule has 146 valence electrons. The minimum absolute atomic E-state index is 0.0562. The number of rotatable bonds is 5. The lowest BCUT2D eigenvalue weighted by atomic mass is 10.0. The summed E-state index contributed by atoms with van der Waals surface area (Å²) in [4.78, 5) is 28.1. The molecule has 4 rings (SSSR count). The van der Waals surface area contributed by atoms with Crippen molar-refractivity contribution in [2.75, 3.05) is 0 Å². The Morgan fingerprint density at radius 2 is 2.11 bits per heavy atom. The van der Waals surface area contributed by atoms with Crippen molar-refractivity contribution in [2.45, 2.75) is 45.1 Å². The third kappa shape index (κ3) is 3.22. The zero-order chi connectivity index (χ0) is 20.1. The molecule has 2 N–H and O–H groups in total. The summed E-state index contributed by atoms with van der Waals surface area (Å²) in [5.41, 5.74) is 3.69. The average Bonchev–Trinajstić information content (AvgIpc) is 3.35. The standard InChI is InChI=1S/C21H23ClN4O2/c1-12-16(20(28)23-19-18(12)13(2)25-26(19)3)7-8-17(27)24-21(9-10-21)14-5-4-6-15(22)11-14/h4-6,11H,7-10H2,1-3H3,(H,23,28)(H,24,27). The van der Waals surface area contributed by atoms with Crippen LogP contribution in [0.3, 0.4) is 0 Å². The SMILES string of the molecule is Cc1nn(C)c2[nH]c(=O)c(CCC(=O)NC3(c4cccc(Cl)c4)CC3)c(C)c12. The van der Waals surface area contributed by atoms with Crippen molar-refractivity contribution >= 4 is 28.5 Å². The Morgan fingerprint density at radius 1 is 1.36 bits per heavy atom. The quantitative estimate of drug-likeness (QED) is 0.692. The highest BCUT2D eigenvalue weighted by molar-refractivity contribution is 6.30. The van der Waals surface area contributed by atoms with Crippen LogP contribution in [0.5, 0.6) is 0 Å². The molecule has 7 heteroatoms. The van der Waals surface area contributed by atoms with E-state index in [0.717, 1.165) is 35.0 Å². The fraction of sp³-hybridized carbons (Fsp3) is 0.381. The normalized spacial score (nSPS) is 15.0. The summed E-state index contributed by atoms with van der Waals surface area (Å²) < 4.78 is 1.68. The second kappa shape index (κ2) is 6.78. The molecule has 1 aliphatic rings. The molecule has 2 heterocycles. The number of aryl methyl sites for hydroxylation is 3. The Kier molecular flexibility index (Phi) is 4.54. The molecule has 1 saturated carbocycles. The first kappa shape index (κ1) is 18.7. The van der Waals surface area contributed by atoms with E-state index in [1.807, 2.05) is 45.2 Å². The third-order valence-electron chi connectivity index (χ3n) is 5.66. The maximum Gasteiger partial charge on any atom is 0.253 e. The Balaban J connectivity index is 1.51. The maximum absolute atomic E-state index is 12.6. The topological polar surface area (TPSA) is 79.8 Å². The second-order valence-corrected chi connectivity index (χ2v) is 8.07. The predicted molar refractivity (Wildman–Crippen MR) is 110 cm³/mol. The van der Waals surface area contributed by atoms with E-state index in [4.69, 9.17) is 11.6 Å². The van der Waals surface area contributed by atoms with E-state index in [1.54, 1.807) is 4.68 Å². The molecule has 1 aromatic carbocycles. The van der Waals surface area contributed by atoms with Gasteiger partial charge in [0.2, 0.25) is 5.91 Å². The van der Waals surface area contributed by atoms with Gasteiger partial charge in [-0.15, -0.1) is 0 Å². The van der Waals surface area contributed by atoms with Gasteiger partial charge < -0.3 is 10.3 Å². The monoisotopic (exact) mass is 398 g/mol. The van der Waals surface area contributed by atoms with Crippen LogP contribution in [-0.2, 0) is 23.8 Å². The van der Waals surface area contributed by atoms with E-state index >= 15 is 0 Å². The van der Waals surface area contributed by atoms with Crippen LogP contribution in [0.2, 0.25) is 5.02 Å². The lowest BCUT2D eigenvalue weighted by Gasteiger charge is -2.18. The minimum atomic E-state index is -0.312. The van der Waals surface area contributed by atoms with Crippen molar-refractivity contribution in [3.05, 3.63) is 62.0 Å². The van der Waals surface area contributed by atoms with E-state index in [0.29, 0.717) is 22.7 Å². The molecule has 0 unspecified atom stereocenters. The lowest BCUT2D eigenvalue weighted by molar-refractivity contribution is -0.122. The number of amides is 1. The molecule has 1 fully saturated rings. The zero-order valence-corrected chi connectivity index (χ0v) is 17.0. The van der Waals surface area contributed by atoms with Gasteiger partial charge in [0.1, 0.15) is 5.65 Å². The van der Waals surface area contributed by atoms with Crippen LogP contribution in [0.15, 0.2) is 29.1 Å². The fourth-order valence-corrected chi connectivity index (χ4v) is 4.21. The summed E-state index contributed by atoms with van der Waals surface area (Å²) in [5, 5.41) is 9.15. The second-order valence-electron chi connectivity index (χ2n) is 7.63. The number of H-pyrrole nitrogens is 1. The molecule has 1 aliphatic carbocycles. The Hall–Kier alpha value is -2.60. The zero-order valence-electron chi connectivity index (χ0n) is 16.2. The number of carbonyl (C=O) groups excluding carboxylic acids is 1. The largest absolute Gasteiger partial charge is 0.347 e. The van der Waals surface area contributed by atoms with E-state index in [9.17, 15) is 9.59 Å². The number of hydrogen-bond acceptors (Lipinski definition) is 3. The summed E-state index contributed by atoms with van der Waals surface area (Å²) in [7, 11) is 1.81. The minimum Gasteiger partial charge on any atom is -0.347 e. The first-order valence-electron chi connectivity index (χ1n) is 9.43. The van der Waals surface area contributed by atoms with Gasteiger partial charge in [0.15, 0.2) is 0 Å². The van der Waals surface area contributed by atoms with Crippen molar-refractivity contribution in [1.82, 2.24) is 20.1 Å². The number of aromatic amines is 1. The Bertz CT molecular complexity index is 1140. The van der Waals surface area contributed by atoms with E-state index in [2.05, 4.69) is 15.4 Å². The molecule has 0 saturated heterocycles. The van der Waals surface area contributed by atoms with Crippen LogP contribution in [-0.4, -0.2) is 20.7 Å². The van der Waals surface area contributed by atoms with Crippen molar-refractivity contribution in [1.29, 1.82) is 0 Å². The van der Waals surface area contributed by atoms with E-state index < -0.39 is 0 Å². The predicted octanol–water partition coefficient (Wildman–Crippen LogP) is 3.27. The number of nitrogens with one attached hydrogen (secondary N) is 2. The molecule has 6 nitrogen and oxygen atoms in total. The highest BCUT2D eigenvalue weighted by Gasteiger charge is 2.45. The summed E-state index contributed by atoms with van der Waals surface area (Å²) in [6.07, 6.45) is 2.46. The first-order chi connectivity index (χ1) is 13.3. The molecular weight excluding hydrogens is 376 g/mol. The van der Waals surface area contributed by atoms with Crippen LogP contribution < -0.4 is 10.9 Å². The third-order valence-corrected chi connectivity index (χ3v) is 5.90. The summed E-state index contributed by atoms with van der Waals surface area (Å²) in [6, 6.07) is 7.63. The summed E-state index contributed by atoms with van der Waals surface area (Å²) in [6.45, 7) is 3.85. The van der Waals surface area contributed by atoms with Crippen molar-refractivity contribution < 1.29 is 4.79 Å². The lowest BCUT2D eigenvalue weighted by Crippen LogP contribution is -2.35. The van der Waals surface area contributed by atoms with Gasteiger partial charge in [-0.25, -0.2) is 0 Å². The Labute approximate surface area is 167 Å². The molecule has 0 radical (unpaired) electrons. The number of carbonyl (C=O) groups is 1. The molecule has 28 heavy (non-hydrogen) atoms. The van der Waals surface area contributed by atoms with Crippen LogP contribution in [0.1, 0.15) is 41.6 Å². The smallest absolute Gasteiger partial charge is 0.253 e. The van der Waals surface area contributed by atoms with Crippen LogP contribution in [0.4, 0.5) is 0 Å². The summed E-state index contributed by atoms with van der Waals surface area (Å²) in [5.74, 6) is -0.0562. The number of fused-ring (bicyclic) bond motifs is 1. The van der Waals surface area contributed by atoms with Gasteiger partial charge >= 0.3 is 0 Å². The van der Waals surface area contributed by atoms with E-state index in [1.165, 1.54) is 0 Å². The molecular formula is C21H23ClN4O2. The van der Waals surface area contributed by atoms with Crippen molar-refractivity contribution in [2.24, 2.45) is 7.05 Å². The fourth-order valence-electron chi connectivity index (χ4n) is 4.02. The van der Waals surface area contributed by atoms with Crippen LogP contribution >= 0.6 is 11.6 Å². The molecule has 0 atom stereocenters. The van der Waals surface area contributed by atoms with Crippen molar-refractivity contribution in [3.63, 3.8) is 0 Å². The molecule has 2 aromatic heterocycles. The highest BCUT2D eigenvalue weighted by Crippen LogP contribution is 2.46. The average molecular weight is 399 g/mol. The molecule has 0 aliphatic heterocycles. The number of benzene rings is 1. The molecule has 0 bridgehead atoms. The molecule has 3 aromatic rings. The number of halogens is 1. The number of hydrogen-bond donors (Lipinski definition) is 2. The van der Waals surface area contributed by atoms with Gasteiger partial charge in [-0.2, -0.15) is 5.10 Å². The van der Waals surface area contributed by atoms with Crippen LogP contribution in [0, 0.1) is 13.8 Å². The van der Waals surface area contributed by atoms with E-state index in [-0.39, 0.29) is 23.4 Å². The molecule has 1 amide bonds. The first-order valence-corrected chi connectivity index (χ1v) is 9.81. The van der Waals surface area contributed by atoms with Gasteiger partial charge in [0.25, 0.3) is 5.56 Å². The van der Waals surface area contributed by atoms with Crippen molar-refractivity contribution in [3.8, 4) is 0 Å². The molecule has 0 spiro atoms. The van der Waals surface area contributed by atoms with Gasteiger partial charge in [0.05, 0.1) is 11.2 Å². The van der Waals surface area contributed by atoms with Gasteiger partial charge in [0, 0.05) is 29.4 Å². The number of nitrogens with zero attached hydrogens (tertiary/aromatic N) is 2.